The highest BCUT2D eigenvalue weighted by Crippen LogP contribution is 2.34. The molecule has 0 aliphatic rings. The number of rotatable bonds is 6. The van der Waals surface area contributed by atoms with E-state index in [1.165, 1.54) is 23.3 Å². The van der Waals surface area contributed by atoms with Crippen molar-refractivity contribution in [3.63, 3.8) is 0 Å². The summed E-state index contributed by atoms with van der Waals surface area (Å²) < 4.78 is 5.72. The van der Waals surface area contributed by atoms with Crippen molar-refractivity contribution in [1.82, 2.24) is 0 Å². The molecule has 5 nitrogen and oxygen atoms in total. The highest BCUT2D eigenvalue weighted by molar-refractivity contribution is 6.37. The van der Waals surface area contributed by atoms with Crippen LogP contribution in [0.2, 0.25) is 10.0 Å². The molecule has 3 aromatic rings. The molecular weight excluding hydrogens is 411 g/mol. The van der Waals surface area contributed by atoms with Gasteiger partial charge in [0.05, 0.1) is 20.7 Å². The van der Waals surface area contributed by atoms with E-state index in [9.17, 15) is 10.1 Å². The molecule has 0 saturated heterocycles. The van der Waals surface area contributed by atoms with Crippen molar-refractivity contribution in [2.75, 3.05) is 0 Å². The van der Waals surface area contributed by atoms with Crippen molar-refractivity contribution in [2.24, 2.45) is 4.99 Å². The lowest BCUT2D eigenvalue weighted by Gasteiger charge is -2.11. The van der Waals surface area contributed by atoms with Crippen LogP contribution in [-0.4, -0.2) is 11.1 Å². The molecule has 7 heteroatoms. The van der Waals surface area contributed by atoms with E-state index in [1.807, 2.05) is 25.1 Å². The summed E-state index contributed by atoms with van der Waals surface area (Å²) in [5, 5.41) is 11.4. The zero-order chi connectivity index (χ0) is 21.0. The molecule has 0 saturated carbocycles. The van der Waals surface area contributed by atoms with Gasteiger partial charge in [0.1, 0.15) is 6.61 Å². The molecule has 0 N–H and O–H groups in total. The number of hydrogen-bond donors (Lipinski definition) is 0. The molecule has 0 bridgehead atoms. The third-order valence-corrected chi connectivity index (χ3v) is 4.97. The molecule has 0 aliphatic heterocycles. The van der Waals surface area contributed by atoms with Crippen molar-refractivity contribution >= 4 is 40.8 Å². The summed E-state index contributed by atoms with van der Waals surface area (Å²) in [5.74, 6) is 0.356. The van der Waals surface area contributed by atoms with Crippen LogP contribution < -0.4 is 4.74 Å². The zero-order valence-electron chi connectivity index (χ0n) is 15.9. The van der Waals surface area contributed by atoms with Crippen molar-refractivity contribution in [1.29, 1.82) is 0 Å². The number of aliphatic imine (C=N–C) groups is 1. The van der Waals surface area contributed by atoms with Gasteiger partial charge in [-0.2, -0.15) is 0 Å². The number of halogens is 2. The van der Waals surface area contributed by atoms with E-state index in [1.54, 1.807) is 30.5 Å². The van der Waals surface area contributed by atoms with E-state index >= 15 is 0 Å². The molecule has 0 atom stereocenters. The number of ether oxygens (including phenoxy) is 1. The van der Waals surface area contributed by atoms with Gasteiger partial charge in [0, 0.05) is 18.3 Å². The minimum absolute atomic E-state index is 0.0252. The predicted octanol–water partition coefficient (Wildman–Crippen LogP) is 6.85. The second-order valence-corrected chi connectivity index (χ2v) is 7.37. The van der Waals surface area contributed by atoms with Gasteiger partial charge in [-0.3, -0.25) is 15.1 Å². The summed E-state index contributed by atoms with van der Waals surface area (Å²) in [4.78, 5) is 14.7. The van der Waals surface area contributed by atoms with Crippen molar-refractivity contribution in [3.05, 3.63) is 97.0 Å². The van der Waals surface area contributed by atoms with E-state index in [0.29, 0.717) is 15.8 Å². The number of hydrogen-bond acceptors (Lipinski definition) is 4. The highest BCUT2D eigenvalue weighted by Gasteiger charge is 2.11. The third-order valence-electron chi connectivity index (χ3n) is 4.40. The molecule has 0 radical (unpaired) electrons. The fourth-order valence-electron chi connectivity index (χ4n) is 2.62. The third kappa shape index (κ3) is 5.34. The zero-order valence-corrected chi connectivity index (χ0v) is 17.4. The summed E-state index contributed by atoms with van der Waals surface area (Å²) in [6.45, 7) is 4.28. The second-order valence-electron chi connectivity index (χ2n) is 6.55. The highest BCUT2D eigenvalue weighted by atomic mass is 35.5. The largest absolute Gasteiger partial charge is 0.486 e. The Morgan fingerprint density at radius 1 is 1.00 bits per heavy atom. The Hall–Kier alpha value is -2.89. The predicted molar refractivity (Wildman–Crippen MR) is 117 cm³/mol. The van der Waals surface area contributed by atoms with Crippen LogP contribution >= 0.6 is 23.2 Å². The van der Waals surface area contributed by atoms with E-state index < -0.39 is 4.92 Å². The first-order valence-corrected chi connectivity index (χ1v) is 9.55. The van der Waals surface area contributed by atoms with Crippen LogP contribution in [0.3, 0.4) is 0 Å². The van der Waals surface area contributed by atoms with Gasteiger partial charge in [-0.05, 0) is 72.5 Å². The molecule has 3 rings (SSSR count). The van der Waals surface area contributed by atoms with E-state index in [4.69, 9.17) is 27.9 Å². The normalized spacial score (nSPS) is 11.0. The number of aryl methyl sites for hydroxylation is 2. The average Bonchev–Trinajstić information content (AvgIpc) is 2.68. The van der Waals surface area contributed by atoms with Crippen molar-refractivity contribution < 1.29 is 9.66 Å². The summed E-state index contributed by atoms with van der Waals surface area (Å²) in [5.41, 5.74) is 4.77. The standard InChI is InChI=1S/C22H18Cl2N2O3/c1-14-3-6-18(9-15(14)2)25-12-17-10-20(23)22(21(24)11-17)29-13-16-4-7-19(8-5-16)26(27)28/h3-12H,13H2,1-2H3. The van der Waals surface area contributed by atoms with Gasteiger partial charge < -0.3 is 4.74 Å². The molecule has 0 aromatic heterocycles. The van der Waals surface area contributed by atoms with Crippen LogP contribution in [0.1, 0.15) is 22.3 Å². The van der Waals surface area contributed by atoms with Crippen LogP contribution in [0.25, 0.3) is 0 Å². The van der Waals surface area contributed by atoms with Crippen LogP contribution in [0.5, 0.6) is 5.75 Å². The summed E-state index contributed by atoms with van der Waals surface area (Å²) >= 11 is 12.7. The molecule has 29 heavy (non-hydrogen) atoms. The lowest BCUT2D eigenvalue weighted by atomic mass is 10.1. The number of nitro benzene ring substituents is 1. The first-order chi connectivity index (χ1) is 13.8. The number of nitrogens with zero attached hydrogens (tertiary/aromatic N) is 2. The Morgan fingerprint density at radius 3 is 2.24 bits per heavy atom. The van der Waals surface area contributed by atoms with E-state index in [2.05, 4.69) is 11.9 Å². The van der Waals surface area contributed by atoms with Gasteiger partial charge >= 0.3 is 0 Å². The van der Waals surface area contributed by atoms with Crippen molar-refractivity contribution in [2.45, 2.75) is 20.5 Å². The van der Waals surface area contributed by atoms with Crippen LogP contribution in [-0.2, 0) is 6.61 Å². The van der Waals surface area contributed by atoms with Gasteiger partial charge in [-0.25, -0.2) is 0 Å². The minimum Gasteiger partial charge on any atom is -0.486 e. The van der Waals surface area contributed by atoms with Crippen LogP contribution in [0.4, 0.5) is 11.4 Å². The maximum Gasteiger partial charge on any atom is 0.269 e. The summed E-state index contributed by atoms with van der Waals surface area (Å²) in [6.07, 6.45) is 1.70. The Bertz CT molecular complexity index is 1060. The SMILES string of the molecule is Cc1ccc(N=Cc2cc(Cl)c(OCc3ccc([N+](=O)[O-])cc3)c(Cl)c2)cc1C. The van der Waals surface area contributed by atoms with Gasteiger partial charge in [0.15, 0.2) is 5.75 Å². The number of nitro groups is 1. The lowest BCUT2D eigenvalue weighted by Crippen LogP contribution is -1.98. The van der Waals surface area contributed by atoms with E-state index in [0.717, 1.165) is 16.8 Å². The Kier molecular flexibility index (Phi) is 6.52. The molecule has 0 unspecified atom stereocenters. The lowest BCUT2D eigenvalue weighted by molar-refractivity contribution is -0.384. The smallest absolute Gasteiger partial charge is 0.269 e. The van der Waals surface area contributed by atoms with Crippen LogP contribution in [0.15, 0.2) is 59.6 Å². The number of benzene rings is 3. The number of non-ortho nitro benzene ring substituents is 1. The quantitative estimate of drug-likeness (QED) is 0.245. The first kappa shape index (κ1) is 20.8. The molecule has 3 aromatic carbocycles. The molecule has 148 valence electrons. The maximum atomic E-state index is 10.7. The minimum atomic E-state index is -0.448. The molecule has 0 heterocycles. The Balaban J connectivity index is 1.72. The summed E-state index contributed by atoms with van der Waals surface area (Å²) in [7, 11) is 0. The summed E-state index contributed by atoms with van der Waals surface area (Å²) in [6, 6.07) is 15.5. The molecule has 0 fully saturated rings. The topological polar surface area (TPSA) is 64.7 Å². The molecular formula is C22H18Cl2N2O3. The fourth-order valence-corrected chi connectivity index (χ4v) is 3.23. The molecule has 0 spiro atoms. The average molecular weight is 429 g/mol. The second kappa shape index (κ2) is 9.07. The van der Waals surface area contributed by atoms with Crippen LogP contribution in [0, 0.1) is 24.0 Å². The van der Waals surface area contributed by atoms with Gasteiger partial charge in [0.25, 0.3) is 5.69 Å². The van der Waals surface area contributed by atoms with E-state index in [-0.39, 0.29) is 12.3 Å². The van der Waals surface area contributed by atoms with Gasteiger partial charge in [0.2, 0.25) is 0 Å². The van der Waals surface area contributed by atoms with Gasteiger partial charge in [-0.15, -0.1) is 0 Å². The Labute approximate surface area is 178 Å². The van der Waals surface area contributed by atoms with Crippen molar-refractivity contribution in [3.8, 4) is 5.75 Å². The maximum absolute atomic E-state index is 10.7. The Morgan fingerprint density at radius 2 is 1.66 bits per heavy atom. The van der Waals surface area contributed by atoms with Gasteiger partial charge in [-0.1, -0.05) is 29.3 Å². The monoisotopic (exact) mass is 428 g/mol. The molecule has 0 amide bonds. The molecule has 0 aliphatic carbocycles. The fraction of sp³-hybridized carbons (Fsp3) is 0.136. The first-order valence-electron chi connectivity index (χ1n) is 8.80.